The summed E-state index contributed by atoms with van der Waals surface area (Å²) in [4.78, 5) is 7.20. The van der Waals surface area contributed by atoms with Gasteiger partial charge in [-0.3, -0.25) is 0 Å². The van der Waals surface area contributed by atoms with Crippen molar-refractivity contribution in [1.82, 2.24) is 15.5 Å². The predicted octanol–water partition coefficient (Wildman–Crippen LogP) is 3.24. The molecule has 2 fully saturated rings. The van der Waals surface area contributed by atoms with E-state index in [1.165, 1.54) is 32.2 Å². The van der Waals surface area contributed by atoms with E-state index in [0.29, 0.717) is 12.6 Å². The van der Waals surface area contributed by atoms with Crippen LogP contribution < -0.4 is 15.4 Å². The molecule has 146 valence electrons. The van der Waals surface area contributed by atoms with Crippen molar-refractivity contribution in [2.75, 3.05) is 33.3 Å². The highest BCUT2D eigenvalue weighted by Gasteiger charge is 2.22. The number of rotatable bonds is 8. The van der Waals surface area contributed by atoms with E-state index in [-0.39, 0.29) is 24.0 Å². The molecule has 26 heavy (non-hydrogen) atoms. The number of benzene rings is 1. The summed E-state index contributed by atoms with van der Waals surface area (Å²) < 4.78 is 5.99. The second-order valence-corrected chi connectivity index (χ2v) is 7.21. The summed E-state index contributed by atoms with van der Waals surface area (Å²) >= 11 is 0. The fourth-order valence-corrected chi connectivity index (χ4v) is 3.23. The number of guanidine groups is 1. The molecule has 1 unspecified atom stereocenters. The van der Waals surface area contributed by atoms with Gasteiger partial charge in [-0.1, -0.05) is 18.2 Å². The van der Waals surface area contributed by atoms with Crippen molar-refractivity contribution in [2.24, 2.45) is 10.9 Å². The first kappa shape index (κ1) is 21.3. The van der Waals surface area contributed by atoms with Gasteiger partial charge in [-0.25, -0.2) is 4.99 Å². The van der Waals surface area contributed by atoms with Gasteiger partial charge in [0.25, 0.3) is 0 Å². The number of likely N-dealkylation sites (tertiary alicyclic amines) is 1. The molecule has 0 radical (unpaired) electrons. The number of para-hydroxylation sites is 1. The van der Waals surface area contributed by atoms with Crippen LogP contribution in [0.15, 0.2) is 29.3 Å². The predicted molar refractivity (Wildman–Crippen MR) is 119 cm³/mol. The molecule has 1 saturated carbocycles. The highest BCUT2D eigenvalue weighted by atomic mass is 127. The van der Waals surface area contributed by atoms with Crippen molar-refractivity contribution in [3.05, 3.63) is 29.8 Å². The monoisotopic (exact) mass is 472 g/mol. The third-order valence-corrected chi connectivity index (χ3v) is 5.07. The van der Waals surface area contributed by atoms with Gasteiger partial charge in [0.2, 0.25) is 0 Å². The zero-order chi connectivity index (χ0) is 17.5. The lowest BCUT2D eigenvalue weighted by atomic mass is 10.2. The normalized spacial score (nSPS) is 20.5. The van der Waals surface area contributed by atoms with Gasteiger partial charge < -0.3 is 20.3 Å². The lowest BCUT2D eigenvalue weighted by Crippen LogP contribution is -2.44. The fraction of sp³-hybridized carbons (Fsp3) is 0.650. The zero-order valence-corrected chi connectivity index (χ0v) is 18.4. The molecule has 0 aromatic heterocycles. The highest BCUT2D eigenvalue weighted by Crippen LogP contribution is 2.30. The van der Waals surface area contributed by atoms with Crippen LogP contribution in [0.1, 0.15) is 38.2 Å². The average Bonchev–Trinajstić information content (AvgIpc) is 3.37. The minimum Gasteiger partial charge on any atom is -0.493 e. The lowest BCUT2D eigenvalue weighted by molar-refractivity contribution is 0.297. The highest BCUT2D eigenvalue weighted by molar-refractivity contribution is 14.0. The van der Waals surface area contributed by atoms with Gasteiger partial charge >= 0.3 is 0 Å². The molecule has 1 aromatic carbocycles. The number of ether oxygens (including phenoxy) is 1. The van der Waals surface area contributed by atoms with Crippen molar-refractivity contribution in [3.8, 4) is 5.75 Å². The molecule has 1 atom stereocenters. The number of nitrogens with zero attached hydrogens (tertiary/aromatic N) is 2. The Morgan fingerprint density at radius 1 is 1.23 bits per heavy atom. The molecule has 2 N–H and O–H groups in total. The summed E-state index contributed by atoms with van der Waals surface area (Å²) in [6.07, 6.45) is 5.18. The van der Waals surface area contributed by atoms with Gasteiger partial charge in [-0.15, -0.1) is 24.0 Å². The summed E-state index contributed by atoms with van der Waals surface area (Å²) in [6, 6.07) is 8.87. The topological polar surface area (TPSA) is 48.9 Å². The van der Waals surface area contributed by atoms with Crippen LogP contribution in [-0.2, 0) is 6.54 Å². The van der Waals surface area contributed by atoms with E-state index >= 15 is 0 Å². The number of hydrogen-bond donors (Lipinski definition) is 2. The smallest absolute Gasteiger partial charge is 0.191 e. The lowest BCUT2D eigenvalue weighted by Gasteiger charge is -2.21. The van der Waals surface area contributed by atoms with Gasteiger partial charge in [0, 0.05) is 24.7 Å². The summed E-state index contributed by atoms with van der Waals surface area (Å²) in [7, 11) is 2.21. The number of nitrogens with one attached hydrogen (secondary N) is 2. The number of hydrogen-bond acceptors (Lipinski definition) is 3. The van der Waals surface area contributed by atoms with Crippen LogP contribution in [-0.4, -0.2) is 50.2 Å². The van der Waals surface area contributed by atoms with E-state index in [4.69, 9.17) is 9.73 Å². The first-order valence-corrected chi connectivity index (χ1v) is 9.69. The first-order valence-electron chi connectivity index (χ1n) is 9.69. The Balaban J connectivity index is 0.00000243. The van der Waals surface area contributed by atoms with E-state index in [0.717, 1.165) is 42.9 Å². The van der Waals surface area contributed by atoms with Gasteiger partial charge in [0.15, 0.2) is 5.96 Å². The van der Waals surface area contributed by atoms with Crippen molar-refractivity contribution in [2.45, 2.75) is 45.2 Å². The number of aliphatic imine (C=N–C) groups is 1. The Morgan fingerprint density at radius 3 is 2.73 bits per heavy atom. The SMILES string of the molecule is CCNC(=NCc1ccccc1OCC1CC1)NCC1CCCN1C.I. The maximum atomic E-state index is 5.99. The number of halogens is 1. The molecule has 1 aliphatic heterocycles. The maximum Gasteiger partial charge on any atom is 0.191 e. The van der Waals surface area contributed by atoms with Gasteiger partial charge in [0.05, 0.1) is 13.2 Å². The molecule has 6 heteroatoms. The Hall–Kier alpha value is -1.02. The maximum absolute atomic E-state index is 5.99. The summed E-state index contributed by atoms with van der Waals surface area (Å²) in [5.74, 6) is 2.63. The summed E-state index contributed by atoms with van der Waals surface area (Å²) in [6.45, 7) is 6.59. The average molecular weight is 472 g/mol. The molecule has 0 amide bonds. The van der Waals surface area contributed by atoms with Crippen LogP contribution in [0.2, 0.25) is 0 Å². The molecule has 0 spiro atoms. The standard InChI is InChI=1S/C20H32N4O.HI/c1-3-21-20(23-14-18-8-6-12-24(18)2)22-13-17-7-4-5-9-19(17)25-15-16-10-11-16;/h4-5,7,9,16,18H,3,6,8,10-15H2,1-2H3,(H2,21,22,23);1H. The molecule has 0 bridgehead atoms. The summed E-state index contributed by atoms with van der Waals surface area (Å²) in [5.41, 5.74) is 1.15. The Morgan fingerprint density at radius 2 is 2.04 bits per heavy atom. The van der Waals surface area contributed by atoms with Crippen LogP contribution in [0.25, 0.3) is 0 Å². The minimum absolute atomic E-state index is 0. The van der Waals surface area contributed by atoms with Crippen LogP contribution in [0.5, 0.6) is 5.75 Å². The van der Waals surface area contributed by atoms with E-state index in [1.807, 2.05) is 6.07 Å². The molecule has 2 aliphatic rings. The molecular weight excluding hydrogens is 439 g/mol. The van der Waals surface area contributed by atoms with E-state index < -0.39 is 0 Å². The van der Waals surface area contributed by atoms with Gasteiger partial charge in [-0.05, 0) is 58.2 Å². The molecular formula is C20H33IN4O. The van der Waals surface area contributed by atoms with Crippen molar-refractivity contribution >= 4 is 29.9 Å². The van der Waals surface area contributed by atoms with Crippen LogP contribution in [0.4, 0.5) is 0 Å². The van der Waals surface area contributed by atoms with Gasteiger partial charge in [0.1, 0.15) is 5.75 Å². The third kappa shape index (κ3) is 6.61. The van der Waals surface area contributed by atoms with Crippen molar-refractivity contribution in [3.63, 3.8) is 0 Å². The second-order valence-electron chi connectivity index (χ2n) is 7.21. The molecule has 1 aliphatic carbocycles. The Labute approximate surface area is 175 Å². The largest absolute Gasteiger partial charge is 0.493 e. The number of likely N-dealkylation sites (N-methyl/N-ethyl adjacent to an activating group) is 1. The van der Waals surface area contributed by atoms with E-state index in [9.17, 15) is 0 Å². The van der Waals surface area contributed by atoms with E-state index in [1.54, 1.807) is 0 Å². The molecule has 1 saturated heterocycles. The molecule has 5 nitrogen and oxygen atoms in total. The second kappa shape index (κ2) is 11.0. The minimum atomic E-state index is 0. The fourth-order valence-electron chi connectivity index (χ4n) is 3.23. The van der Waals surface area contributed by atoms with Crippen molar-refractivity contribution < 1.29 is 4.74 Å². The van der Waals surface area contributed by atoms with Crippen LogP contribution >= 0.6 is 24.0 Å². The Kier molecular flexibility index (Phi) is 8.98. The molecule has 3 rings (SSSR count). The molecule has 1 heterocycles. The summed E-state index contributed by atoms with van der Waals surface area (Å²) in [5, 5.41) is 6.85. The van der Waals surface area contributed by atoms with E-state index in [2.05, 4.69) is 47.7 Å². The van der Waals surface area contributed by atoms with Gasteiger partial charge in [-0.2, -0.15) is 0 Å². The van der Waals surface area contributed by atoms with Crippen LogP contribution in [0, 0.1) is 5.92 Å². The zero-order valence-electron chi connectivity index (χ0n) is 16.0. The first-order chi connectivity index (χ1) is 12.3. The molecule has 1 aromatic rings. The third-order valence-electron chi connectivity index (χ3n) is 5.07. The van der Waals surface area contributed by atoms with Crippen LogP contribution in [0.3, 0.4) is 0 Å². The quantitative estimate of drug-likeness (QED) is 0.347. The Bertz CT molecular complexity index is 577. The van der Waals surface area contributed by atoms with Crippen molar-refractivity contribution in [1.29, 1.82) is 0 Å².